The molecule has 0 unspecified atom stereocenters. The van der Waals surface area contributed by atoms with Crippen molar-refractivity contribution in [1.82, 2.24) is 4.98 Å². The van der Waals surface area contributed by atoms with Crippen LogP contribution in [0.1, 0.15) is 15.9 Å². The lowest BCUT2D eigenvalue weighted by Crippen LogP contribution is -2.36. The number of ether oxygens (including phenoxy) is 3. The number of hydrogen-bond donors (Lipinski definition) is 1. The smallest absolute Gasteiger partial charge is 0.257 e. The Labute approximate surface area is 173 Å². The molecule has 0 radical (unpaired) electrons. The van der Waals surface area contributed by atoms with Crippen molar-refractivity contribution in [3.05, 3.63) is 47.5 Å². The molecular weight excluding hydrogens is 390 g/mol. The van der Waals surface area contributed by atoms with Crippen molar-refractivity contribution in [3.63, 3.8) is 0 Å². The summed E-state index contributed by atoms with van der Waals surface area (Å²) in [4.78, 5) is 19.6. The molecule has 0 aliphatic carbocycles. The zero-order valence-electron chi connectivity index (χ0n) is 16.4. The number of aromatic nitrogens is 1. The number of anilines is 2. The van der Waals surface area contributed by atoms with Crippen LogP contribution in [0.15, 0.2) is 36.4 Å². The summed E-state index contributed by atoms with van der Waals surface area (Å²) in [5, 5.41) is 3.47. The van der Waals surface area contributed by atoms with Crippen LogP contribution < -0.4 is 15.0 Å². The maximum atomic E-state index is 12.7. The van der Waals surface area contributed by atoms with Gasteiger partial charge >= 0.3 is 0 Å². The highest BCUT2D eigenvalue weighted by molar-refractivity contribution is 7.23. The number of carbonyl (C=O) groups excluding carboxylic acids is 1. The topological polar surface area (TPSA) is 72.9 Å². The van der Waals surface area contributed by atoms with Crippen LogP contribution in [0.3, 0.4) is 0 Å². The molecule has 4 rings (SSSR count). The van der Waals surface area contributed by atoms with E-state index in [4.69, 9.17) is 14.2 Å². The minimum atomic E-state index is -0.195. The highest BCUT2D eigenvalue weighted by Gasteiger charge is 2.20. The number of amides is 1. The number of morpholine rings is 1. The number of benzene rings is 2. The van der Waals surface area contributed by atoms with Gasteiger partial charge in [-0.15, -0.1) is 0 Å². The van der Waals surface area contributed by atoms with Gasteiger partial charge in [-0.1, -0.05) is 23.5 Å². The number of hydrogen-bond acceptors (Lipinski definition) is 7. The third-order valence-electron chi connectivity index (χ3n) is 4.81. The summed E-state index contributed by atoms with van der Waals surface area (Å²) in [5.41, 5.74) is 3.44. The van der Waals surface area contributed by atoms with E-state index in [0.29, 0.717) is 36.3 Å². The second-order valence-electron chi connectivity index (χ2n) is 6.67. The zero-order valence-corrected chi connectivity index (χ0v) is 17.3. The van der Waals surface area contributed by atoms with Crippen LogP contribution in [0, 0.1) is 0 Å². The number of methoxy groups -OCH3 is 2. The summed E-state index contributed by atoms with van der Waals surface area (Å²) in [6.07, 6.45) is 0. The molecule has 2 heterocycles. The first kappa shape index (κ1) is 19.6. The number of thiazole rings is 1. The molecule has 7 nitrogen and oxygen atoms in total. The van der Waals surface area contributed by atoms with Crippen molar-refractivity contribution in [1.29, 1.82) is 0 Å². The first-order chi connectivity index (χ1) is 14.2. The summed E-state index contributed by atoms with van der Waals surface area (Å²) < 4.78 is 17.1. The Morgan fingerprint density at radius 3 is 2.62 bits per heavy atom. The van der Waals surface area contributed by atoms with Crippen LogP contribution in [-0.4, -0.2) is 51.4 Å². The van der Waals surface area contributed by atoms with E-state index in [1.807, 2.05) is 24.3 Å². The van der Waals surface area contributed by atoms with Crippen LogP contribution in [0.2, 0.25) is 0 Å². The van der Waals surface area contributed by atoms with Gasteiger partial charge in [0.25, 0.3) is 5.91 Å². The van der Waals surface area contributed by atoms with Crippen molar-refractivity contribution in [3.8, 4) is 5.75 Å². The molecule has 0 spiro atoms. The molecule has 0 atom stereocenters. The van der Waals surface area contributed by atoms with Crippen molar-refractivity contribution in [2.45, 2.75) is 6.61 Å². The molecule has 152 valence electrons. The number of fused-ring (bicyclic) bond motifs is 1. The predicted octanol–water partition coefficient (Wildman–Crippen LogP) is 3.54. The quantitative estimate of drug-likeness (QED) is 0.666. The minimum Gasteiger partial charge on any atom is -0.494 e. The molecule has 1 aliphatic heterocycles. The van der Waals surface area contributed by atoms with Gasteiger partial charge in [-0.05, 0) is 29.8 Å². The summed E-state index contributed by atoms with van der Waals surface area (Å²) in [5.74, 6) is 0.498. The molecule has 1 N–H and O–H groups in total. The van der Waals surface area contributed by atoms with Crippen molar-refractivity contribution in [2.75, 3.05) is 50.7 Å². The lowest BCUT2D eigenvalue weighted by Gasteiger charge is -2.29. The van der Waals surface area contributed by atoms with Crippen LogP contribution in [0.4, 0.5) is 10.8 Å². The summed E-state index contributed by atoms with van der Waals surface area (Å²) in [7, 11) is 3.27. The van der Waals surface area contributed by atoms with Gasteiger partial charge in [0.2, 0.25) is 0 Å². The molecule has 0 saturated carbocycles. The first-order valence-electron chi connectivity index (χ1n) is 9.39. The van der Waals surface area contributed by atoms with Crippen LogP contribution in [0.25, 0.3) is 10.2 Å². The largest absolute Gasteiger partial charge is 0.494 e. The van der Waals surface area contributed by atoms with Crippen LogP contribution in [-0.2, 0) is 16.1 Å². The first-order valence-corrected chi connectivity index (χ1v) is 10.2. The Balaban J connectivity index is 1.61. The van der Waals surface area contributed by atoms with Crippen molar-refractivity contribution >= 4 is 38.3 Å². The fourth-order valence-electron chi connectivity index (χ4n) is 3.33. The molecule has 1 saturated heterocycles. The molecule has 1 aromatic heterocycles. The van der Waals surface area contributed by atoms with Gasteiger partial charge < -0.3 is 19.1 Å². The number of nitrogens with zero attached hydrogens (tertiary/aromatic N) is 2. The number of carbonyl (C=O) groups is 1. The van der Waals surface area contributed by atoms with Crippen LogP contribution in [0.5, 0.6) is 5.75 Å². The minimum absolute atomic E-state index is 0.195. The number of nitrogens with one attached hydrogen (secondary N) is 1. The molecule has 1 fully saturated rings. The Morgan fingerprint density at radius 2 is 1.93 bits per heavy atom. The Kier molecular flexibility index (Phi) is 5.94. The van der Waals surface area contributed by atoms with Crippen molar-refractivity contribution in [2.24, 2.45) is 0 Å². The normalized spacial score (nSPS) is 14.2. The third kappa shape index (κ3) is 4.19. The predicted molar refractivity (Wildman–Crippen MR) is 114 cm³/mol. The maximum Gasteiger partial charge on any atom is 0.257 e. The average molecular weight is 413 g/mol. The Bertz CT molecular complexity index is 997. The Hall–Kier alpha value is -2.68. The van der Waals surface area contributed by atoms with E-state index in [2.05, 4.69) is 15.2 Å². The highest BCUT2D eigenvalue weighted by Crippen LogP contribution is 2.39. The number of rotatable bonds is 6. The standard InChI is InChI=1S/C21H23N3O4S/c1-26-13-14-3-5-15(6-4-14)20(25)23-21-22-18-17(27-2)8-7-16(19(18)29-21)24-9-11-28-12-10-24/h3-8H,9-13H2,1-2H3,(H,22,23,25). The van der Waals surface area contributed by atoms with Gasteiger partial charge in [0, 0.05) is 25.8 Å². The summed E-state index contributed by atoms with van der Waals surface area (Å²) >= 11 is 1.46. The average Bonchev–Trinajstić information content (AvgIpc) is 3.18. The van der Waals surface area contributed by atoms with E-state index < -0.39 is 0 Å². The van der Waals surface area contributed by atoms with Crippen LogP contribution >= 0.6 is 11.3 Å². The second kappa shape index (κ2) is 8.77. The fourth-order valence-corrected chi connectivity index (χ4v) is 4.35. The lowest BCUT2D eigenvalue weighted by atomic mass is 10.1. The summed E-state index contributed by atoms with van der Waals surface area (Å²) in [6, 6.07) is 11.3. The molecule has 8 heteroatoms. The molecule has 0 bridgehead atoms. The molecule has 29 heavy (non-hydrogen) atoms. The maximum absolute atomic E-state index is 12.7. The van der Waals surface area contributed by atoms with E-state index in [9.17, 15) is 4.79 Å². The summed E-state index contributed by atoms with van der Waals surface area (Å²) in [6.45, 7) is 3.58. The lowest BCUT2D eigenvalue weighted by molar-refractivity contribution is 0.102. The van der Waals surface area contributed by atoms with E-state index in [1.54, 1.807) is 26.4 Å². The fraction of sp³-hybridized carbons (Fsp3) is 0.333. The molecule has 1 amide bonds. The van der Waals surface area contributed by atoms with Gasteiger partial charge in [0.05, 0.1) is 37.3 Å². The van der Waals surface area contributed by atoms with Gasteiger partial charge in [-0.25, -0.2) is 4.98 Å². The SMILES string of the molecule is COCc1ccc(C(=O)Nc2nc3c(OC)ccc(N4CCOCC4)c3s2)cc1. The molecule has 2 aromatic carbocycles. The van der Waals surface area contributed by atoms with E-state index in [-0.39, 0.29) is 5.91 Å². The van der Waals surface area contributed by atoms with E-state index in [1.165, 1.54) is 11.3 Å². The Morgan fingerprint density at radius 1 is 1.17 bits per heavy atom. The van der Waals surface area contributed by atoms with E-state index >= 15 is 0 Å². The van der Waals surface area contributed by atoms with Gasteiger partial charge in [0.15, 0.2) is 5.13 Å². The zero-order chi connectivity index (χ0) is 20.2. The molecular formula is C21H23N3O4S. The van der Waals surface area contributed by atoms with E-state index in [0.717, 1.165) is 34.6 Å². The van der Waals surface area contributed by atoms with Gasteiger partial charge in [0.1, 0.15) is 11.3 Å². The van der Waals surface area contributed by atoms with Gasteiger partial charge in [-0.3, -0.25) is 10.1 Å². The molecule has 1 aliphatic rings. The molecule has 3 aromatic rings. The van der Waals surface area contributed by atoms with Gasteiger partial charge in [-0.2, -0.15) is 0 Å². The second-order valence-corrected chi connectivity index (χ2v) is 7.67. The third-order valence-corrected chi connectivity index (χ3v) is 5.80. The monoisotopic (exact) mass is 413 g/mol. The highest BCUT2D eigenvalue weighted by atomic mass is 32.1. The van der Waals surface area contributed by atoms with Crippen molar-refractivity contribution < 1.29 is 19.0 Å².